The van der Waals surface area contributed by atoms with Gasteiger partial charge in [-0.3, -0.25) is 0 Å². The van der Waals surface area contributed by atoms with E-state index in [4.69, 9.17) is 0 Å². The minimum atomic E-state index is 0.726. The van der Waals surface area contributed by atoms with Gasteiger partial charge in [-0.05, 0) is 44.8 Å². The van der Waals surface area contributed by atoms with E-state index in [9.17, 15) is 0 Å². The van der Waals surface area contributed by atoms with Crippen LogP contribution in [0.4, 0.5) is 0 Å². The van der Waals surface area contributed by atoms with E-state index in [2.05, 4.69) is 31.0 Å². The molecule has 0 aromatic rings. The minimum absolute atomic E-state index is 0.726. The van der Waals surface area contributed by atoms with Gasteiger partial charge >= 0.3 is 0 Å². The van der Waals surface area contributed by atoms with Crippen LogP contribution in [0.3, 0.4) is 0 Å². The largest absolute Gasteiger partial charge is 0.313 e. The summed E-state index contributed by atoms with van der Waals surface area (Å²) in [7, 11) is 0. The summed E-state index contributed by atoms with van der Waals surface area (Å²) < 4.78 is 0. The molecule has 1 atom stereocenters. The van der Waals surface area contributed by atoms with Crippen molar-refractivity contribution in [3.8, 4) is 0 Å². The van der Waals surface area contributed by atoms with Crippen molar-refractivity contribution in [1.29, 1.82) is 0 Å². The zero-order valence-electron chi connectivity index (χ0n) is 11.5. The summed E-state index contributed by atoms with van der Waals surface area (Å²) in [6.45, 7) is 12.0. The molecule has 1 fully saturated rings. The fourth-order valence-electron chi connectivity index (χ4n) is 2.59. The van der Waals surface area contributed by atoms with Gasteiger partial charge in [-0.1, -0.05) is 33.6 Å². The van der Waals surface area contributed by atoms with E-state index in [-0.39, 0.29) is 0 Å². The molecule has 1 aliphatic rings. The third-order valence-electron chi connectivity index (χ3n) is 3.40. The van der Waals surface area contributed by atoms with Crippen LogP contribution in [-0.2, 0) is 0 Å². The maximum absolute atomic E-state index is 3.69. The molecule has 0 spiro atoms. The predicted octanol–water partition coefficient (Wildman–Crippen LogP) is 2.89. The van der Waals surface area contributed by atoms with Crippen molar-refractivity contribution in [2.24, 2.45) is 5.92 Å². The molecule has 0 aromatic heterocycles. The average Bonchev–Trinajstić information content (AvgIpc) is 2.43. The predicted molar refractivity (Wildman–Crippen MR) is 71.8 cm³/mol. The molecule has 0 saturated carbocycles. The Kier molecular flexibility index (Phi) is 7.06. The Hall–Kier alpha value is -0.0800. The molecular weight excluding hydrogens is 196 g/mol. The van der Waals surface area contributed by atoms with Crippen molar-refractivity contribution in [3.05, 3.63) is 0 Å². The standard InChI is InChI=1S/C14H30N2/c1-4-5-6-9-16-10-7-8-15-14(12-16)11-13(2)3/h13-15H,4-12H2,1-3H3. The van der Waals surface area contributed by atoms with Gasteiger partial charge in [0.1, 0.15) is 0 Å². The smallest absolute Gasteiger partial charge is 0.0197 e. The molecule has 1 unspecified atom stereocenters. The van der Waals surface area contributed by atoms with Crippen LogP contribution in [-0.4, -0.2) is 37.1 Å². The Bertz CT molecular complexity index is 168. The van der Waals surface area contributed by atoms with Gasteiger partial charge in [0.25, 0.3) is 0 Å². The highest BCUT2D eigenvalue weighted by molar-refractivity contribution is 4.77. The molecule has 2 heteroatoms. The Labute approximate surface area is 102 Å². The number of rotatable bonds is 6. The molecule has 1 saturated heterocycles. The second-order valence-corrected chi connectivity index (χ2v) is 5.64. The van der Waals surface area contributed by atoms with Crippen LogP contribution >= 0.6 is 0 Å². The van der Waals surface area contributed by atoms with Crippen molar-refractivity contribution in [2.45, 2.75) is 58.9 Å². The van der Waals surface area contributed by atoms with Gasteiger partial charge in [0.05, 0.1) is 0 Å². The molecule has 1 heterocycles. The van der Waals surface area contributed by atoms with Crippen molar-refractivity contribution in [3.63, 3.8) is 0 Å². The van der Waals surface area contributed by atoms with Gasteiger partial charge in [0.2, 0.25) is 0 Å². The first kappa shape index (κ1) is 14.0. The lowest BCUT2D eigenvalue weighted by Crippen LogP contribution is -2.38. The lowest BCUT2D eigenvalue weighted by atomic mass is 10.0. The maximum atomic E-state index is 3.69. The normalized spacial score (nSPS) is 23.6. The van der Waals surface area contributed by atoms with Crippen LogP contribution in [0.5, 0.6) is 0 Å². The second-order valence-electron chi connectivity index (χ2n) is 5.64. The molecule has 16 heavy (non-hydrogen) atoms. The Morgan fingerprint density at radius 1 is 1.31 bits per heavy atom. The summed E-state index contributed by atoms with van der Waals surface area (Å²) in [6.07, 6.45) is 6.75. The van der Waals surface area contributed by atoms with Crippen molar-refractivity contribution in [2.75, 3.05) is 26.2 Å². The highest BCUT2D eigenvalue weighted by Gasteiger charge is 2.17. The van der Waals surface area contributed by atoms with E-state index in [1.54, 1.807) is 0 Å². The molecular formula is C14H30N2. The molecule has 0 aliphatic carbocycles. The van der Waals surface area contributed by atoms with Crippen LogP contribution in [0.2, 0.25) is 0 Å². The number of unbranched alkanes of at least 4 members (excludes halogenated alkanes) is 2. The zero-order chi connectivity index (χ0) is 11.8. The fourth-order valence-corrected chi connectivity index (χ4v) is 2.59. The van der Waals surface area contributed by atoms with Crippen LogP contribution in [0.25, 0.3) is 0 Å². The maximum Gasteiger partial charge on any atom is 0.0197 e. The molecule has 96 valence electrons. The Morgan fingerprint density at radius 3 is 2.81 bits per heavy atom. The summed E-state index contributed by atoms with van der Waals surface area (Å²) in [6, 6.07) is 0.726. The Morgan fingerprint density at radius 2 is 2.12 bits per heavy atom. The van der Waals surface area contributed by atoms with Gasteiger partial charge < -0.3 is 10.2 Å². The summed E-state index contributed by atoms with van der Waals surface area (Å²) in [5.41, 5.74) is 0. The van der Waals surface area contributed by atoms with Crippen LogP contribution in [0.1, 0.15) is 52.9 Å². The van der Waals surface area contributed by atoms with E-state index < -0.39 is 0 Å². The quantitative estimate of drug-likeness (QED) is 0.701. The number of nitrogens with one attached hydrogen (secondary N) is 1. The first-order valence-corrected chi connectivity index (χ1v) is 7.18. The summed E-state index contributed by atoms with van der Waals surface area (Å²) in [5.74, 6) is 0.813. The fraction of sp³-hybridized carbons (Fsp3) is 1.00. The van der Waals surface area contributed by atoms with Crippen LogP contribution in [0.15, 0.2) is 0 Å². The minimum Gasteiger partial charge on any atom is -0.313 e. The van der Waals surface area contributed by atoms with Crippen LogP contribution < -0.4 is 5.32 Å². The van der Waals surface area contributed by atoms with Crippen molar-refractivity contribution >= 4 is 0 Å². The third kappa shape index (κ3) is 5.86. The van der Waals surface area contributed by atoms with Gasteiger partial charge in [0, 0.05) is 12.6 Å². The third-order valence-corrected chi connectivity index (χ3v) is 3.40. The van der Waals surface area contributed by atoms with Gasteiger partial charge in [-0.15, -0.1) is 0 Å². The highest BCUT2D eigenvalue weighted by atomic mass is 15.2. The SMILES string of the molecule is CCCCCN1CCCNC(CC(C)C)C1. The molecule has 1 aliphatic heterocycles. The van der Waals surface area contributed by atoms with E-state index in [0.717, 1.165) is 12.0 Å². The number of nitrogens with zero attached hydrogens (tertiary/aromatic N) is 1. The van der Waals surface area contributed by atoms with Gasteiger partial charge in [-0.2, -0.15) is 0 Å². The molecule has 1 N–H and O–H groups in total. The highest BCUT2D eigenvalue weighted by Crippen LogP contribution is 2.10. The van der Waals surface area contributed by atoms with E-state index in [1.807, 2.05) is 0 Å². The van der Waals surface area contributed by atoms with Crippen molar-refractivity contribution in [1.82, 2.24) is 10.2 Å². The molecule has 2 nitrogen and oxygen atoms in total. The molecule has 0 aromatic carbocycles. The van der Waals surface area contributed by atoms with E-state index >= 15 is 0 Å². The Balaban J connectivity index is 2.27. The first-order valence-electron chi connectivity index (χ1n) is 7.18. The second kappa shape index (κ2) is 8.08. The molecule has 1 rings (SSSR count). The summed E-state index contributed by atoms with van der Waals surface area (Å²) in [5, 5.41) is 3.69. The van der Waals surface area contributed by atoms with Crippen molar-refractivity contribution < 1.29 is 0 Å². The topological polar surface area (TPSA) is 15.3 Å². The first-order chi connectivity index (χ1) is 7.72. The lowest BCUT2D eigenvalue weighted by Gasteiger charge is -2.25. The summed E-state index contributed by atoms with van der Waals surface area (Å²) in [4.78, 5) is 2.67. The number of hydrogen-bond donors (Lipinski definition) is 1. The number of hydrogen-bond acceptors (Lipinski definition) is 2. The van der Waals surface area contributed by atoms with Gasteiger partial charge in [-0.25, -0.2) is 0 Å². The van der Waals surface area contributed by atoms with Gasteiger partial charge in [0.15, 0.2) is 0 Å². The molecule has 0 amide bonds. The van der Waals surface area contributed by atoms with Crippen LogP contribution in [0, 0.1) is 5.92 Å². The van der Waals surface area contributed by atoms with E-state index in [1.165, 1.54) is 58.3 Å². The molecule has 0 bridgehead atoms. The average molecular weight is 226 g/mol. The zero-order valence-corrected chi connectivity index (χ0v) is 11.5. The van der Waals surface area contributed by atoms with E-state index in [0.29, 0.717) is 0 Å². The lowest BCUT2D eigenvalue weighted by molar-refractivity contribution is 0.250. The molecule has 0 radical (unpaired) electrons. The monoisotopic (exact) mass is 226 g/mol. The summed E-state index contributed by atoms with van der Waals surface area (Å²) >= 11 is 0.